The number of ether oxygens (including phenoxy) is 1. The Morgan fingerprint density at radius 3 is 1.59 bits per heavy atom. The van der Waals surface area contributed by atoms with Gasteiger partial charge in [-0.3, -0.25) is 0 Å². The van der Waals surface area contributed by atoms with Crippen LogP contribution in [-0.4, -0.2) is 67.7 Å². The maximum atomic E-state index is 9.23. The molecule has 1 heterocycles. The molecule has 1 aromatic heterocycles. The quantitative estimate of drug-likeness (QED) is 0.394. The molecule has 4 rings (SSSR count). The summed E-state index contributed by atoms with van der Waals surface area (Å²) in [4.78, 5) is 14.0. The molecule has 0 aliphatic rings. The Labute approximate surface area is 199 Å². The van der Waals surface area contributed by atoms with Crippen LogP contribution >= 0.6 is 0 Å². The summed E-state index contributed by atoms with van der Waals surface area (Å²) in [5.74, 6) is 0.734. The molecule has 0 atom stereocenters. The second-order valence-corrected chi connectivity index (χ2v) is 8.16. The first-order valence-corrected chi connectivity index (χ1v) is 11.2. The number of hydrogen-bond acceptors (Lipinski definition) is 7. The first kappa shape index (κ1) is 23.5. The Kier molecular flexibility index (Phi) is 7.25. The van der Waals surface area contributed by atoms with E-state index in [1.54, 1.807) is 7.11 Å². The van der Waals surface area contributed by atoms with Gasteiger partial charge in [0.05, 0.1) is 42.7 Å². The summed E-state index contributed by atoms with van der Waals surface area (Å²) in [6.07, 6.45) is 0. The van der Waals surface area contributed by atoms with E-state index in [4.69, 9.17) is 14.7 Å². The Morgan fingerprint density at radius 2 is 1.15 bits per heavy atom. The fourth-order valence-corrected chi connectivity index (χ4v) is 3.87. The Balaban J connectivity index is 1.81. The van der Waals surface area contributed by atoms with Crippen LogP contribution in [0.1, 0.15) is 0 Å². The lowest BCUT2D eigenvalue weighted by atomic mass is 10.0. The normalized spacial score (nSPS) is 11.0. The van der Waals surface area contributed by atoms with Crippen LogP contribution in [-0.2, 0) is 0 Å². The molecule has 0 aliphatic carbocycles. The van der Waals surface area contributed by atoms with Crippen molar-refractivity contribution in [2.75, 3.05) is 57.3 Å². The number of benzene rings is 3. The summed E-state index contributed by atoms with van der Waals surface area (Å²) in [5, 5.41) is 18.5. The van der Waals surface area contributed by atoms with Crippen molar-refractivity contribution in [2.24, 2.45) is 0 Å². The van der Waals surface area contributed by atoms with E-state index in [2.05, 4.69) is 0 Å². The van der Waals surface area contributed by atoms with Crippen molar-refractivity contribution in [3.63, 3.8) is 0 Å². The molecule has 0 unspecified atom stereocenters. The maximum absolute atomic E-state index is 9.23. The minimum atomic E-state index is 0.101. The summed E-state index contributed by atoms with van der Waals surface area (Å²) in [6, 6.07) is 22.0. The van der Waals surface area contributed by atoms with Gasteiger partial charge in [0.25, 0.3) is 0 Å². The lowest BCUT2D eigenvalue weighted by molar-refractivity contribution is 0.304. The van der Waals surface area contributed by atoms with Crippen LogP contribution in [0, 0.1) is 0 Å². The largest absolute Gasteiger partial charge is 0.497 e. The molecule has 7 heteroatoms. The zero-order chi connectivity index (χ0) is 24.1. The van der Waals surface area contributed by atoms with E-state index < -0.39 is 0 Å². The van der Waals surface area contributed by atoms with Crippen LogP contribution in [0.4, 0.5) is 11.4 Å². The smallest absolute Gasteiger partial charge is 0.121 e. The minimum Gasteiger partial charge on any atom is -0.497 e. The number of methoxy groups -OCH3 is 1. The van der Waals surface area contributed by atoms with Gasteiger partial charge in [-0.15, -0.1) is 0 Å². The van der Waals surface area contributed by atoms with Crippen molar-refractivity contribution in [3.8, 4) is 28.3 Å². The molecule has 0 spiro atoms. The van der Waals surface area contributed by atoms with Crippen LogP contribution in [0.3, 0.4) is 0 Å². The standard InChI is InChI=1S/C27H30N4O3/c1-30(14-16-32)21-8-4-19(5-9-21)26-27(20-6-10-22(11-7-20)31(2)15-17-33)29-25-18-23(34-3)12-13-24(25)28-26/h4-13,18,32-33H,14-17H2,1-3H3. The number of anilines is 2. The average Bonchev–Trinajstić information content (AvgIpc) is 2.88. The van der Waals surface area contributed by atoms with E-state index in [0.717, 1.165) is 50.7 Å². The maximum Gasteiger partial charge on any atom is 0.121 e. The van der Waals surface area contributed by atoms with E-state index in [1.807, 2.05) is 90.6 Å². The van der Waals surface area contributed by atoms with Gasteiger partial charge in [-0.25, -0.2) is 9.97 Å². The number of aromatic nitrogens is 2. The minimum absolute atomic E-state index is 0.101. The van der Waals surface area contributed by atoms with Crippen LogP contribution < -0.4 is 14.5 Å². The predicted octanol–water partition coefficient (Wildman–Crippen LogP) is 3.83. The number of hydrogen-bond donors (Lipinski definition) is 2. The average molecular weight is 459 g/mol. The summed E-state index contributed by atoms with van der Waals surface area (Å²) < 4.78 is 5.39. The highest BCUT2D eigenvalue weighted by Crippen LogP contribution is 2.33. The van der Waals surface area contributed by atoms with E-state index in [1.165, 1.54) is 0 Å². The number of fused-ring (bicyclic) bond motifs is 1. The molecule has 2 N–H and O–H groups in total. The van der Waals surface area contributed by atoms with Crippen LogP contribution in [0.25, 0.3) is 33.5 Å². The third-order valence-corrected chi connectivity index (χ3v) is 5.91. The lowest BCUT2D eigenvalue weighted by Crippen LogP contribution is -2.20. The van der Waals surface area contributed by atoms with Gasteiger partial charge < -0.3 is 24.7 Å². The first-order chi connectivity index (χ1) is 16.5. The van der Waals surface area contributed by atoms with Crippen LogP contribution in [0.5, 0.6) is 5.75 Å². The highest BCUT2D eigenvalue weighted by Gasteiger charge is 2.15. The van der Waals surface area contributed by atoms with Gasteiger partial charge in [-0.1, -0.05) is 24.3 Å². The number of nitrogens with zero attached hydrogens (tertiary/aromatic N) is 4. The Hall–Kier alpha value is -3.68. The highest BCUT2D eigenvalue weighted by atomic mass is 16.5. The molecule has 3 aromatic carbocycles. The van der Waals surface area contributed by atoms with E-state index >= 15 is 0 Å². The van der Waals surface area contributed by atoms with Gasteiger partial charge in [-0.2, -0.15) is 0 Å². The van der Waals surface area contributed by atoms with Gasteiger partial charge in [0.15, 0.2) is 0 Å². The monoisotopic (exact) mass is 458 g/mol. The zero-order valence-corrected chi connectivity index (χ0v) is 19.8. The van der Waals surface area contributed by atoms with E-state index in [9.17, 15) is 10.2 Å². The molecule has 34 heavy (non-hydrogen) atoms. The van der Waals surface area contributed by atoms with Crippen molar-refractivity contribution in [1.82, 2.24) is 9.97 Å². The molecule has 0 amide bonds. The number of aliphatic hydroxyl groups is 2. The Bertz CT molecular complexity index is 1240. The molecule has 0 radical (unpaired) electrons. The van der Waals surface area contributed by atoms with Crippen LogP contribution in [0.2, 0.25) is 0 Å². The van der Waals surface area contributed by atoms with Gasteiger partial charge in [0.2, 0.25) is 0 Å². The summed E-state index contributed by atoms with van der Waals surface area (Å²) >= 11 is 0. The fourth-order valence-electron chi connectivity index (χ4n) is 3.87. The second kappa shape index (κ2) is 10.5. The fraction of sp³-hybridized carbons (Fsp3) is 0.259. The summed E-state index contributed by atoms with van der Waals surface area (Å²) in [6.45, 7) is 1.34. The third-order valence-electron chi connectivity index (χ3n) is 5.91. The van der Waals surface area contributed by atoms with E-state index in [-0.39, 0.29) is 13.2 Å². The van der Waals surface area contributed by atoms with Crippen molar-refractivity contribution in [1.29, 1.82) is 0 Å². The lowest BCUT2D eigenvalue weighted by Gasteiger charge is -2.19. The van der Waals surface area contributed by atoms with E-state index in [0.29, 0.717) is 13.1 Å². The molecule has 0 bridgehead atoms. The molecule has 0 aliphatic heterocycles. The SMILES string of the molecule is COc1ccc2nc(-c3ccc(N(C)CCO)cc3)c(-c3ccc(N(C)CCO)cc3)nc2c1. The van der Waals surface area contributed by atoms with Gasteiger partial charge >= 0.3 is 0 Å². The van der Waals surface area contributed by atoms with Gasteiger partial charge in [0.1, 0.15) is 5.75 Å². The van der Waals surface area contributed by atoms with Crippen molar-refractivity contribution in [3.05, 3.63) is 66.7 Å². The van der Waals surface area contributed by atoms with Crippen molar-refractivity contribution >= 4 is 22.4 Å². The molecule has 0 fully saturated rings. The van der Waals surface area contributed by atoms with Gasteiger partial charge in [0, 0.05) is 55.8 Å². The topological polar surface area (TPSA) is 82.0 Å². The zero-order valence-electron chi connectivity index (χ0n) is 19.8. The molecule has 7 nitrogen and oxygen atoms in total. The number of aliphatic hydroxyl groups excluding tert-OH is 2. The predicted molar refractivity (Wildman–Crippen MR) is 138 cm³/mol. The second-order valence-electron chi connectivity index (χ2n) is 8.16. The van der Waals surface area contributed by atoms with Gasteiger partial charge in [-0.05, 0) is 36.4 Å². The molecule has 0 saturated carbocycles. The molecule has 0 saturated heterocycles. The highest BCUT2D eigenvalue weighted by molar-refractivity contribution is 5.87. The number of rotatable bonds is 9. The van der Waals surface area contributed by atoms with Crippen molar-refractivity contribution in [2.45, 2.75) is 0 Å². The molecular formula is C27H30N4O3. The molecular weight excluding hydrogens is 428 g/mol. The number of likely N-dealkylation sites (N-methyl/N-ethyl adjacent to an activating group) is 2. The first-order valence-electron chi connectivity index (χ1n) is 11.2. The third kappa shape index (κ3) is 4.95. The van der Waals surface area contributed by atoms with Crippen LogP contribution in [0.15, 0.2) is 66.7 Å². The Morgan fingerprint density at radius 1 is 0.676 bits per heavy atom. The summed E-state index contributed by atoms with van der Waals surface area (Å²) in [5.41, 5.74) is 7.09. The summed E-state index contributed by atoms with van der Waals surface area (Å²) in [7, 11) is 5.55. The van der Waals surface area contributed by atoms with Crippen molar-refractivity contribution < 1.29 is 14.9 Å². The molecule has 4 aromatic rings. The molecule has 176 valence electrons.